The van der Waals surface area contributed by atoms with Crippen LogP contribution in [0.1, 0.15) is 55.3 Å². The lowest BCUT2D eigenvalue weighted by Gasteiger charge is -2.45. The molecule has 29 heavy (non-hydrogen) atoms. The van der Waals surface area contributed by atoms with E-state index in [2.05, 4.69) is 17.3 Å². The van der Waals surface area contributed by atoms with Crippen molar-refractivity contribution in [1.82, 2.24) is 20.1 Å². The first kappa shape index (κ1) is 20.1. The molecule has 2 fully saturated rings. The summed E-state index contributed by atoms with van der Waals surface area (Å²) < 4.78 is 7.19. The van der Waals surface area contributed by atoms with Gasteiger partial charge in [-0.1, -0.05) is 6.42 Å². The highest BCUT2D eigenvalue weighted by Gasteiger charge is 2.39. The van der Waals surface area contributed by atoms with Gasteiger partial charge in [0.1, 0.15) is 0 Å². The molecule has 0 saturated heterocycles. The maximum Gasteiger partial charge on any atom is 0.242 e. The van der Waals surface area contributed by atoms with Crippen molar-refractivity contribution in [3.63, 3.8) is 0 Å². The van der Waals surface area contributed by atoms with E-state index in [0.717, 1.165) is 40.7 Å². The molecule has 0 spiro atoms. The van der Waals surface area contributed by atoms with E-state index in [1.165, 1.54) is 19.3 Å². The lowest BCUT2D eigenvalue weighted by Crippen LogP contribution is -2.53. The van der Waals surface area contributed by atoms with Crippen LogP contribution in [0.15, 0.2) is 0 Å². The number of methoxy groups -OCH3 is 1. The average Bonchev–Trinajstić information content (AvgIpc) is 2.98. The predicted molar refractivity (Wildman–Crippen MR) is 113 cm³/mol. The first-order valence-electron chi connectivity index (χ1n) is 10.8. The fourth-order valence-electron chi connectivity index (χ4n) is 5.63. The highest BCUT2D eigenvalue weighted by atomic mass is 16.5. The van der Waals surface area contributed by atoms with Crippen LogP contribution in [-0.2, 0) is 18.3 Å². The van der Waals surface area contributed by atoms with E-state index in [9.17, 15) is 4.79 Å². The highest BCUT2D eigenvalue weighted by Crippen LogP contribution is 2.39. The van der Waals surface area contributed by atoms with Crippen molar-refractivity contribution in [3.05, 3.63) is 16.8 Å². The van der Waals surface area contributed by atoms with Gasteiger partial charge in [-0.3, -0.25) is 4.79 Å². The summed E-state index contributed by atoms with van der Waals surface area (Å²) in [6.07, 6.45) is 6.88. The lowest BCUT2D eigenvalue weighted by atomic mass is 9.67. The maximum atomic E-state index is 12.8. The Bertz CT molecular complexity index is 908. The first-order valence-corrected chi connectivity index (χ1v) is 10.8. The van der Waals surface area contributed by atoms with Gasteiger partial charge in [0.2, 0.25) is 11.8 Å². The molecule has 2 aliphatic carbocycles. The van der Waals surface area contributed by atoms with Crippen molar-refractivity contribution in [1.29, 1.82) is 0 Å². The van der Waals surface area contributed by atoms with Crippen LogP contribution in [0.25, 0.3) is 11.0 Å². The van der Waals surface area contributed by atoms with Crippen molar-refractivity contribution in [3.8, 4) is 5.88 Å². The van der Waals surface area contributed by atoms with Gasteiger partial charge in [-0.2, -0.15) is 0 Å². The largest absolute Gasteiger partial charge is 0.479 e. The molecule has 2 bridgehead atoms. The Balaban J connectivity index is 1.47. The second kappa shape index (κ2) is 7.94. The molecule has 7 nitrogen and oxygen atoms in total. The van der Waals surface area contributed by atoms with Crippen LogP contribution >= 0.6 is 0 Å². The molecule has 2 aliphatic rings. The van der Waals surface area contributed by atoms with Crippen molar-refractivity contribution in [2.24, 2.45) is 24.6 Å². The van der Waals surface area contributed by atoms with Gasteiger partial charge < -0.3 is 15.8 Å². The van der Waals surface area contributed by atoms with Crippen LogP contribution in [0.5, 0.6) is 5.88 Å². The molecule has 0 aromatic carbocycles. The number of ether oxygens (including phenoxy) is 1. The summed E-state index contributed by atoms with van der Waals surface area (Å²) in [6.45, 7) is 4.08. The number of nitrogens with zero attached hydrogens (tertiary/aromatic N) is 3. The normalized spacial score (nSPS) is 26.5. The van der Waals surface area contributed by atoms with Gasteiger partial charge >= 0.3 is 0 Å². The third-order valence-electron chi connectivity index (χ3n) is 7.02. The fourth-order valence-corrected chi connectivity index (χ4v) is 5.63. The topological polar surface area (TPSA) is 95.1 Å². The van der Waals surface area contributed by atoms with E-state index in [4.69, 9.17) is 15.5 Å². The van der Waals surface area contributed by atoms with Gasteiger partial charge in [0.05, 0.1) is 12.5 Å². The number of nitrogens with one attached hydrogen (secondary N) is 1. The summed E-state index contributed by atoms with van der Waals surface area (Å²) in [4.78, 5) is 17.5. The number of carbonyl (C=O) groups excluding carboxylic acids is 1. The Morgan fingerprint density at radius 3 is 2.62 bits per heavy atom. The number of fused-ring (bicyclic) bond motifs is 3. The third kappa shape index (κ3) is 3.72. The van der Waals surface area contributed by atoms with Crippen LogP contribution in [0.2, 0.25) is 0 Å². The number of nitrogens with two attached hydrogens (primary N) is 1. The van der Waals surface area contributed by atoms with Crippen molar-refractivity contribution in [2.45, 2.75) is 70.9 Å². The minimum Gasteiger partial charge on any atom is -0.479 e. The minimum atomic E-state index is 0.138. The number of hydrogen-bond donors (Lipinski definition) is 2. The molecule has 2 heterocycles. The van der Waals surface area contributed by atoms with E-state index in [0.29, 0.717) is 42.6 Å². The second-order valence-electron chi connectivity index (χ2n) is 8.91. The van der Waals surface area contributed by atoms with E-state index in [1.807, 2.05) is 14.0 Å². The number of rotatable bonds is 5. The molecule has 0 aliphatic heterocycles. The van der Waals surface area contributed by atoms with Gasteiger partial charge in [-0.25, -0.2) is 9.67 Å². The smallest absolute Gasteiger partial charge is 0.242 e. The molecule has 4 rings (SSSR count). The van der Waals surface area contributed by atoms with Crippen molar-refractivity contribution in [2.75, 3.05) is 7.11 Å². The van der Waals surface area contributed by atoms with Gasteiger partial charge in [0.25, 0.3) is 0 Å². The zero-order valence-corrected chi connectivity index (χ0v) is 18.0. The van der Waals surface area contributed by atoms with Crippen LogP contribution in [0, 0.1) is 25.7 Å². The second-order valence-corrected chi connectivity index (χ2v) is 8.91. The predicted octanol–water partition coefficient (Wildman–Crippen LogP) is 2.55. The SMILES string of the molecule is COc1nn(C)c2nc(C)c(CCC(=O)NC3C4CCCC3CC(N)C4)c(C)c12. The summed E-state index contributed by atoms with van der Waals surface area (Å²) in [6, 6.07) is 0.605. The standard InChI is InChI=1S/C22H33N5O2/c1-12-17(13(2)24-21-19(12)22(29-4)26-27(21)3)8-9-18(28)25-20-14-6-5-7-15(20)11-16(23)10-14/h14-16,20H,5-11,23H2,1-4H3,(H,25,28). The average molecular weight is 400 g/mol. The highest BCUT2D eigenvalue weighted by molar-refractivity contribution is 5.86. The van der Waals surface area contributed by atoms with Gasteiger partial charge in [0.15, 0.2) is 5.65 Å². The Morgan fingerprint density at radius 1 is 1.28 bits per heavy atom. The van der Waals surface area contributed by atoms with Gasteiger partial charge in [-0.15, -0.1) is 5.10 Å². The molecular weight excluding hydrogens is 366 g/mol. The van der Waals surface area contributed by atoms with E-state index < -0.39 is 0 Å². The summed E-state index contributed by atoms with van der Waals surface area (Å²) in [5, 5.41) is 8.70. The van der Waals surface area contributed by atoms with Crippen LogP contribution in [-0.4, -0.2) is 39.9 Å². The minimum absolute atomic E-state index is 0.138. The summed E-state index contributed by atoms with van der Waals surface area (Å²) in [5.74, 6) is 1.81. The molecule has 7 heteroatoms. The number of pyridine rings is 1. The molecule has 2 aromatic heterocycles. The number of carbonyl (C=O) groups is 1. The molecule has 0 radical (unpaired) electrons. The van der Waals surface area contributed by atoms with Gasteiger partial charge in [0, 0.05) is 31.2 Å². The monoisotopic (exact) mass is 399 g/mol. The molecule has 2 atom stereocenters. The molecule has 2 unspecified atom stereocenters. The summed E-state index contributed by atoms with van der Waals surface area (Å²) in [5.41, 5.74) is 10.2. The zero-order valence-electron chi connectivity index (χ0n) is 18.0. The summed E-state index contributed by atoms with van der Waals surface area (Å²) in [7, 11) is 3.50. The first-order chi connectivity index (χ1) is 13.9. The van der Waals surface area contributed by atoms with Crippen molar-refractivity contribution < 1.29 is 9.53 Å². The van der Waals surface area contributed by atoms with E-state index in [1.54, 1.807) is 11.8 Å². The Labute approximate surface area is 172 Å². The van der Waals surface area contributed by atoms with E-state index >= 15 is 0 Å². The Kier molecular flexibility index (Phi) is 5.51. The lowest BCUT2D eigenvalue weighted by molar-refractivity contribution is -0.123. The molecule has 2 saturated carbocycles. The molecule has 3 N–H and O–H groups in total. The molecule has 158 valence electrons. The number of amides is 1. The number of aromatic nitrogens is 3. The number of aryl methyl sites for hydroxylation is 3. The zero-order chi connectivity index (χ0) is 20.7. The van der Waals surface area contributed by atoms with Crippen molar-refractivity contribution >= 4 is 16.9 Å². The summed E-state index contributed by atoms with van der Waals surface area (Å²) >= 11 is 0. The number of hydrogen-bond acceptors (Lipinski definition) is 5. The molecule has 1 amide bonds. The van der Waals surface area contributed by atoms with Crippen LogP contribution in [0.3, 0.4) is 0 Å². The quantitative estimate of drug-likeness (QED) is 0.806. The third-order valence-corrected chi connectivity index (χ3v) is 7.02. The van der Waals surface area contributed by atoms with E-state index in [-0.39, 0.29) is 5.91 Å². The Morgan fingerprint density at radius 2 is 1.97 bits per heavy atom. The Hall–Kier alpha value is -2.15. The molecule has 2 aromatic rings. The van der Waals surface area contributed by atoms with Gasteiger partial charge in [-0.05, 0) is 68.9 Å². The van der Waals surface area contributed by atoms with Crippen LogP contribution < -0.4 is 15.8 Å². The van der Waals surface area contributed by atoms with Crippen LogP contribution in [0.4, 0.5) is 0 Å². The maximum absolute atomic E-state index is 12.8. The molecular formula is C22H33N5O2. The fraction of sp³-hybridized carbons (Fsp3) is 0.682.